The maximum absolute atomic E-state index is 9.64. The van der Waals surface area contributed by atoms with Gasteiger partial charge in [0, 0.05) is 24.1 Å². The lowest BCUT2D eigenvalue weighted by Crippen LogP contribution is -2.26. The maximum atomic E-state index is 9.64. The quantitative estimate of drug-likeness (QED) is 0.789. The summed E-state index contributed by atoms with van der Waals surface area (Å²) in [7, 11) is 2.07. The average Bonchev–Trinajstić information content (AvgIpc) is 2.67. The van der Waals surface area contributed by atoms with Crippen LogP contribution in [0.15, 0.2) is 24.4 Å². The van der Waals surface area contributed by atoms with E-state index in [1.807, 2.05) is 12.1 Å². The number of hydrogen-bond donors (Lipinski definition) is 2. The van der Waals surface area contributed by atoms with Crippen LogP contribution in [0.1, 0.15) is 24.3 Å². The molecule has 2 heterocycles. The number of rotatable bonds is 1. The first-order chi connectivity index (χ1) is 8.25. The molecule has 17 heavy (non-hydrogen) atoms. The molecular weight excluding hydrogens is 212 g/mol. The summed E-state index contributed by atoms with van der Waals surface area (Å²) < 4.78 is 2.16. The van der Waals surface area contributed by atoms with Gasteiger partial charge in [0.2, 0.25) is 0 Å². The molecule has 90 valence electrons. The van der Waals surface area contributed by atoms with Crippen molar-refractivity contribution in [2.45, 2.75) is 18.8 Å². The van der Waals surface area contributed by atoms with Crippen LogP contribution in [0.3, 0.4) is 0 Å². The minimum absolute atomic E-state index is 0.360. The van der Waals surface area contributed by atoms with Crippen LogP contribution in [0, 0.1) is 0 Å². The second kappa shape index (κ2) is 4.08. The normalized spacial score (nSPS) is 17.7. The van der Waals surface area contributed by atoms with Crippen LogP contribution in [-0.4, -0.2) is 22.8 Å². The van der Waals surface area contributed by atoms with Gasteiger partial charge >= 0.3 is 0 Å². The van der Waals surface area contributed by atoms with Gasteiger partial charge in [0.25, 0.3) is 0 Å². The first-order valence-electron chi connectivity index (χ1n) is 6.24. The van der Waals surface area contributed by atoms with E-state index >= 15 is 0 Å². The first kappa shape index (κ1) is 10.7. The molecule has 1 fully saturated rings. The number of nitrogens with zero attached hydrogens (tertiary/aromatic N) is 1. The number of piperidine rings is 1. The molecule has 3 rings (SSSR count). The minimum Gasteiger partial charge on any atom is -0.508 e. The third-order valence-electron chi connectivity index (χ3n) is 3.78. The van der Waals surface area contributed by atoms with E-state index in [4.69, 9.17) is 0 Å². The first-order valence-corrected chi connectivity index (χ1v) is 6.24. The Labute approximate surface area is 101 Å². The predicted molar refractivity (Wildman–Crippen MR) is 69.4 cm³/mol. The summed E-state index contributed by atoms with van der Waals surface area (Å²) in [6.45, 7) is 2.19. The van der Waals surface area contributed by atoms with Crippen LogP contribution in [0.2, 0.25) is 0 Å². The molecule has 0 atom stereocenters. The van der Waals surface area contributed by atoms with Crippen molar-refractivity contribution >= 4 is 10.9 Å². The van der Waals surface area contributed by atoms with Crippen LogP contribution >= 0.6 is 0 Å². The molecule has 1 aromatic heterocycles. The van der Waals surface area contributed by atoms with Crippen LogP contribution in [-0.2, 0) is 7.05 Å². The number of phenols is 1. The molecular formula is C14H18N2O. The highest BCUT2D eigenvalue weighted by Crippen LogP contribution is 2.34. The molecule has 0 bridgehead atoms. The molecule has 2 aromatic rings. The summed E-state index contributed by atoms with van der Waals surface area (Å²) in [4.78, 5) is 0. The van der Waals surface area contributed by atoms with Gasteiger partial charge in [-0.2, -0.15) is 0 Å². The molecule has 0 radical (unpaired) electrons. The smallest absolute Gasteiger partial charge is 0.116 e. The number of phenolic OH excluding ortho intramolecular Hbond substituents is 1. The van der Waals surface area contributed by atoms with Gasteiger partial charge in [0.1, 0.15) is 5.75 Å². The van der Waals surface area contributed by atoms with Gasteiger partial charge in [0.15, 0.2) is 0 Å². The third-order valence-corrected chi connectivity index (χ3v) is 3.78. The Kier molecular flexibility index (Phi) is 2.56. The Bertz CT molecular complexity index is 538. The fourth-order valence-electron chi connectivity index (χ4n) is 2.87. The molecule has 1 saturated heterocycles. The summed E-state index contributed by atoms with van der Waals surface area (Å²) in [6, 6.07) is 5.65. The van der Waals surface area contributed by atoms with Gasteiger partial charge in [-0.1, -0.05) is 0 Å². The Morgan fingerprint density at radius 3 is 2.82 bits per heavy atom. The predicted octanol–water partition coefficient (Wildman–Crippen LogP) is 2.35. The number of aromatic nitrogens is 1. The number of hydrogen-bond acceptors (Lipinski definition) is 2. The largest absolute Gasteiger partial charge is 0.508 e. The van der Waals surface area contributed by atoms with E-state index in [2.05, 4.69) is 23.1 Å². The molecule has 3 nitrogen and oxygen atoms in total. The van der Waals surface area contributed by atoms with E-state index in [0.717, 1.165) is 13.1 Å². The van der Waals surface area contributed by atoms with E-state index in [1.165, 1.54) is 29.3 Å². The summed E-state index contributed by atoms with van der Waals surface area (Å²) in [5, 5.41) is 14.2. The Hall–Kier alpha value is -1.48. The zero-order chi connectivity index (χ0) is 11.8. The number of nitrogens with one attached hydrogen (secondary N) is 1. The van der Waals surface area contributed by atoms with E-state index in [0.29, 0.717) is 11.7 Å². The van der Waals surface area contributed by atoms with Crippen molar-refractivity contribution in [3.8, 4) is 5.75 Å². The number of aryl methyl sites for hydroxylation is 1. The Morgan fingerprint density at radius 1 is 1.29 bits per heavy atom. The highest BCUT2D eigenvalue weighted by atomic mass is 16.3. The minimum atomic E-state index is 0.360. The van der Waals surface area contributed by atoms with E-state index in [9.17, 15) is 5.11 Å². The second-order valence-electron chi connectivity index (χ2n) is 4.92. The Morgan fingerprint density at radius 2 is 2.06 bits per heavy atom. The van der Waals surface area contributed by atoms with Crippen molar-refractivity contribution in [3.05, 3.63) is 30.0 Å². The zero-order valence-electron chi connectivity index (χ0n) is 10.1. The van der Waals surface area contributed by atoms with Gasteiger partial charge in [0.05, 0.1) is 0 Å². The molecule has 0 spiro atoms. The molecule has 2 N–H and O–H groups in total. The average molecular weight is 230 g/mol. The van der Waals surface area contributed by atoms with Crippen LogP contribution < -0.4 is 5.32 Å². The van der Waals surface area contributed by atoms with Crippen molar-refractivity contribution in [2.75, 3.05) is 13.1 Å². The molecule has 3 heteroatoms. The SMILES string of the molecule is Cn1cc(C2CCNCC2)c2cc(O)ccc21. The maximum Gasteiger partial charge on any atom is 0.116 e. The van der Waals surface area contributed by atoms with Crippen LogP contribution in [0.4, 0.5) is 0 Å². The van der Waals surface area contributed by atoms with Crippen molar-refractivity contribution in [2.24, 2.45) is 7.05 Å². The van der Waals surface area contributed by atoms with Gasteiger partial charge in [-0.3, -0.25) is 0 Å². The third kappa shape index (κ3) is 1.80. The fraction of sp³-hybridized carbons (Fsp3) is 0.429. The van der Waals surface area contributed by atoms with Crippen LogP contribution in [0.25, 0.3) is 10.9 Å². The lowest BCUT2D eigenvalue weighted by atomic mass is 9.90. The molecule has 1 aromatic carbocycles. The highest BCUT2D eigenvalue weighted by molar-refractivity contribution is 5.85. The van der Waals surface area contributed by atoms with Gasteiger partial charge in [-0.15, -0.1) is 0 Å². The summed E-state index contributed by atoms with van der Waals surface area (Å²) in [5.41, 5.74) is 2.59. The standard InChI is InChI=1S/C14H18N2O/c1-16-9-13(10-4-6-15-7-5-10)12-8-11(17)2-3-14(12)16/h2-3,8-10,15,17H,4-7H2,1H3. The van der Waals surface area contributed by atoms with E-state index in [1.54, 1.807) is 6.07 Å². The molecule has 0 saturated carbocycles. The molecule has 0 amide bonds. The molecule has 0 aliphatic carbocycles. The van der Waals surface area contributed by atoms with E-state index < -0.39 is 0 Å². The topological polar surface area (TPSA) is 37.2 Å². The molecule has 1 aliphatic heterocycles. The summed E-state index contributed by atoms with van der Waals surface area (Å²) >= 11 is 0. The van der Waals surface area contributed by atoms with Gasteiger partial charge < -0.3 is 15.0 Å². The Balaban J connectivity index is 2.11. The lowest BCUT2D eigenvalue weighted by molar-refractivity contribution is 0.461. The zero-order valence-corrected chi connectivity index (χ0v) is 10.1. The molecule has 1 aliphatic rings. The molecule has 0 unspecified atom stereocenters. The number of benzene rings is 1. The summed E-state index contributed by atoms with van der Waals surface area (Å²) in [5.74, 6) is 0.987. The van der Waals surface area contributed by atoms with Gasteiger partial charge in [-0.25, -0.2) is 0 Å². The number of fused-ring (bicyclic) bond motifs is 1. The monoisotopic (exact) mass is 230 g/mol. The highest BCUT2D eigenvalue weighted by Gasteiger charge is 2.19. The second-order valence-corrected chi connectivity index (χ2v) is 4.92. The lowest BCUT2D eigenvalue weighted by Gasteiger charge is -2.22. The van der Waals surface area contributed by atoms with Crippen molar-refractivity contribution in [3.63, 3.8) is 0 Å². The van der Waals surface area contributed by atoms with Crippen molar-refractivity contribution in [1.29, 1.82) is 0 Å². The van der Waals surface area contributed by atoms with Crippen molar-refractivity contribution in [1.82, 2.24) is 9.88 Å². The number of aromatic hydroxyl groups is 1. The van der Waals surface area contributed by atoms with Crippen molar-refractivity contribution < 1.29 is 5.11 Å². The van der Waals surface area contributed by atoms with E-state index in [-0.39, 0.29) is 0 Å². The van der Waals surface area contributed by atoms with Crippen LogP contribution in [0.5, 0.6) is 5.75 Å². The fourth-order valence-corrected chi connectivity index (χ4v) is 2.87. The summed E-state index contributed by atoms with van der Waals surface area (Å²) in [6.07, 6.45) is 4.60. The van der Waals surface area contributed by atoms with Gasteiger partial charge in [-0.05, 0) is 55.6 Å².